The Morgan fingerprint density at radius 1 is 1.40 bits per heavy atom. The number of fused-ring (bicyclic) bond motifs is 1. The number of benzene rings is 1. The van der Waals surface area contributed by atoms with Gasteiger partial charge in [0.15, 0.2) is 0 Å². The number of aliphatic hydroxyl groups excluding tert-OH is 1. The quantitative estimate of drug-likeness (QED) is 0.906. The maximum Gasteiger partial charge on any atom is 0.129 e. The summed E-state index contributed by atoms with van der Waals surface area (Å²) in [5.74, 6) is -0.337. The molecule has 2 aromatic rings. The second-order valence-corrected chi connectivity index (χ2v) is 7.54. The highest BCUT2D eigenvalue weighted by Gasteiger charge is 2.22. The molecule has 3 rings (SSSR count). The van der Waals surface area contributed by atoms with E-state index in [4.69, 9.17) is 0 Å². The van der Waals surface area contributed by atoms with E-state index in [9.17, 15) is 9.50 Å². The van der Waals surface area contributed by atoms with Crippen molar-refractivity contribution in [3.05, 3.63) is 55.9 Å². The van der Waals surface area contributed by atoms with Crippen LogP contribution in [0.5, 0.6) is 0 Å². The predicted molar refractivity (Wildman–Crippen MR) is 82.4 cm³/mol. The van der Waals surface area contributed by atoms with Crippen LogP contribution in [0.2, 0.25) is 0 Å². The fourth-order valence-electron chi connectivity index (χ4n) is 2.58. The first-order chi connectivity index (χ1) is 9.63. The van der Waals surface area contributed by atoms with Gasteiger partial charge in [-0.2, -0.15) is 0 Å². The average Bonchev–Trinajstić information content (AvgIpc) is 2.78. The third-order valence-corrected chi connectivity index (χ3v) is 5.29. The van der Waals surface area contributed by atoms with Crippen molar-refractivity contribution in [2.24, 2.45) is 0 Å². The van der Waals surface area contributed by atoms with Crippen LogP contribution in [0.4, 0.5) is 4.39 Å². The highest BCUT2D eigenvalue weighted by Crippen LogP contribution is 2.32. The van der Waals surface area contributed by atoms with Gasteiger partial charge in [0.25, 0.3) is 0 Å². The minimum atomic E-state index is -0.777. The Balaban J connectivity index is 1.69. The van der Waals surface area contributed by atoms with Gasteiger partial charge in [-0.05, 0) is 40.0 Å². The summed E-state index contributed by atoms with van der Waals surface area (Å²) in [7, 11) is 0. The molecule has 2 heterocycles. The van der Waals surface area contributed by atoms with Crippen LogP contribution in [0, 0.1) is 5.82 Å². The zero-order valence-corrected chi connectivity index (χ0v) is 13.3. The first-order valence-electron chi connectivity index (χ1n) is 6.55. The summed E-state index contributed by atoms with van der Waals surface area (Å²) in [6, 6.07) is 8.61. The Bertz CT molecular complexity index is 616. The Hall–Kier alpha value is -0.750. The third-order valence-electron chi connectivity index (χ3n) is 3.63. The number of rotatable bonds is 3. The average molecular weight is 356 g/mol. The lowest BCUT2D eigenvalue weighted by molar-refractivity contribution is 0.104. The number of hydrogen-bond donors (Lipinski definition) is 1. The van der Waals surface area contributed by atoms with Crippen molar-refractivity contribution in [2.45, 2.75) is 19.1 Å². The van der Waals surface area contributed by atoms with Gasteiger partial charge >= 0.3 is 0 Å². The molecule has 0 aliphatic carbocycles. The zero-order valence-electron chi connectivity index (χ0n) is 10.9. The molecule has 0 amide bonds. The highest BCUT2D eigenvalue weighted by molar-refractivity contribution is 9.11. The van der Waals surface area contributed by atoms with Crippen LogP contribution < -0.4 is 0 Å². The summed E-state index contributed by atoms with van der Waals surface area (Å²) in [5.41, 5.74) is 1.77. The van der Waals surface area contributed by atoms with E-state index in [2.05, 4.69) is 26.9 Å². The van der Waals surface area contributed by atoms with E-state index < -0.39 is 6.10 Å². The standard InChI is InChI=1S/C15H15BrFNOS/c16-15-7-10-5-6-18(9-14(10)20-15)8-13(19)11-3-1-2-4-12(11)17/h1-4,7,13,19H,5-6,8-9H2/t13-/m0/s1. The van der Waals surface area contributed by atoms with Crippen LogP contribution in [-0.4, -0.2) is 23.1 Å². The van der Waals surface area contributed by atoms with Crippen molar-refractivity contribution in [1.82, 2.24) is 4.90 Å². The Morgan fingerprint density at radius 2 is 2.20 bits per heavy atom. The molecule has 1 aromatic heterocycles. The van der Waals surface area contributed by atoms with Gasteiger partial charge in [0.05, 0.1) is 9.89 Å². The van der Waals surface area contributed by atoms with Crippen LogP contribution in [0.1, 0.15) is 22.1 Å². The van der Waals surface area contributed by atoms with E-state index in [0.29, 0.717) is 12.1 Å². The van der Waals surface area contributed by atoms with Gasteiger partial charge in [-0.1, -0.05) is 18.2 Å². The van der Waals surface area contributed by atoms with Crippen molar-refractivity contribution >= 4 is 27.3 Å². The number of thiophene rings is 1. The maximum absolute atomic E-state index is 13.7. The van der Waals surface area contributed by atoms with Crippen molar-refractivity contribution in [3.8, 4) is 0 Å². The van der Waals surface area contributed by atoms with Crippen LogP contribution in [0.15, 0.2) is 34.1 Å². The lowest BCUT2D eigenvalue weighted by atomic mass is 10.1. The molecule has 2 nitrogen and oxygen atoms in total. The third kappa shape index (κ3) is 2.96. The monoisotopic (exact) mass is 355 g/mol. The van der Waals surface area contributed by atoms with Crippen LogP contribution >= 0.6 is 27.3 Å². The molecule has 0 radical (unpaired) electrons. The van der Waals surface area contributed by atoms with E-state index in [1.54, 1.807) is 29.5 Å². The number of hydrogen-bond acceptors (Lipinski definition) is 3. The first kappa shape index (κ1) is 14.2. The van der Waals surface area contributed by atoms with Crippen molar-refractivity contribution in [1.29, 1.82) is 0 Å². The molecule has 0 saturated heterocycles. The summed E-state index contributed by atoms with van der Waals surface area (Å²) in [5, 5.41) is 10.2. The molecule has 0 bridgehead atoms. The van der Waals surface area contributed by atoms with E-state index in [1.807, 2.05) is 0 Å². The molecule has 0 saturated carbocycles. The Morgan fingerprint density at radius 3 is 3.00 bits per heavy atom. The Kier molecular flexibility index (Phi) is 4.21. The molecular weight excluding hydrogens is 341 g/mol. The van der Waals surface area contributed by atoms with Gasteiger partial charge in [-0.3, -0.25) is 4.90 Å². The summed E-state index contributed by atoms with van der Waals surface area (Å²) in [6.07, 6.45) is 0.211. The molecule has 1 N–H and O–H groups in total. The molecule has 106 valence electrons. The smallest absolute Gasteiger partial charge is 0.129 e. The van der Waals surface area contributed by atoms with Gasteiger partial charge < -0.3 is 5.11 Å². The van der Waals surface area contributed by atoms with Gasteiger partial charge in [0.2, 0.25) is 0 Å². The minimum Gasteiger partial charge on any atom is -0.387 e. The van der Waals surface area contributed by atoms with Gasteiger partial charge in [0.1, 0.15) is 5.82 Å². The van der Waals surface area contributed by atoms with Gasteiger partial charge in [-0.25, -0.2) is 4.39 Å². The summed E-state index contributed by atoms with van der Waals surface area (Å²) >= 11 is 5.25. The largest absolute Gasteiger partial charge is 0.387 e. The van der Waals surface area contributed by atoms with E-state index in [0.717, 1.165) is 23.3 Å². The normalized spacial score (nSPS) is 16.9. The molecule has 1 atom stereocenters. The van der Waals surface area contributed by atoms with Gasteiger partial charge in [0, 0.05) is 30.1 Å². The number of nitrogens with zero attached hydrogens (tertiary/aromatic N) is 1. The lowest BCUT2D eigenvalue weighted by Gasteiger charge is -2.28. The number of aliphatic hydroxyl groups is 1. The molecular formula is C15H15BrFNOS. The lowest BCUT2D eigenvalue weighted by Crippen LogP contribution is -2.33. The van der Waals surface area contributed by atoms with Crippen molar-refractivity contribution in [3.63, 3.8) is 0 Å². The second-order valence-electron chi connectivity index (χ2n) is 5.02. The second kappa shape index (κ2) is 5.93. The van der Waals surface area contributed by atoms with Crippen LogP contribution in [0.25, 0.3) is 0 Å². The molecule has 1 aromatic carbocycles. The van der Waals surface area contributed by atoms with Crippen LogP contribution in [0.3, 0.4) is 0 Å². The summed E-state index contributed by atoms with van der Waals surface area (Å²) in [6.45, 7) is 2.20. The van der Waals surface area contributed by atoms with E-state index in [-0.39, 0.29) is 5.82 Å². The SMILES string of the molecule is O[C@@H](CN1CCc2cc(Br)sc2C1)c1ccccc1F. The number of β-amino-alcohol motifs (C(OH)–C–C–N with tert-alkyl or cyclic N) is 1. The molecule has 0 spiro atoms. The topological polar surface area (TPSA) is 23.5 Å². The molecule has 20 heavy (non-hydrogen) atoms. The van der Waals surface area contributed by atoms with Crippen molar-refractivity contribution < 1.29 is 9.50 Å². The number of halogens is 2. The fraction of sp³-hybridized carbons (Fsp3) is 0.333. The Labute approximate surface area is 130 Å². The molecule has 1 aliphatic heterocycles. The summed E-state index contributed by atoms with van der Waals surface area (Å²) < 4.78 is 14.8. The summed E-state index contributed by atoms with van der Waals surface area (Å²) in [4.78, 5) is 3.52. The highest BCUT2D eigenvalue weighted by atomic mass is 79.9. The molecule has 0 fully saturated rings. The first-order valence-corrected chi connectivity index (χ1v) is 8.16. The maximum atomic E-state index is 13.7. The fourth-order valence-corrected chi connectivity index (χ4v) is 4.42. The molecule has 0 unspecified atom stereocenters. The van der Waals surface area contributed by atoms with Crippen molar-refractivity contribution in [2.75, 3.05) is 13.1 Å². The predicted octanol–water partition coefficient (Wildman–Crippen LogP) is 3.74. The zero-order chi connectivity index (χ0) is 14.1. The minimum absolute atomic E-state index is 0.337. The van der Waals surface area contributed by atoms with Crippen LogP contribution in [-0.2, 0) is 13.0 Å². The van der Waals surface area contributed by atoms with E-state index in [1.165, 1.54) is 16.5 Å². The molecule has 1 aliphatic rings. The van der Waals surface area contributed by atoms with E-state index >= 15 is 0 Å². The van der Waals surface area contributed by atoms with Gasteiger partial charge in [-0.15, -0.1) is 11.3 Å². The molecule has 5 heteroatoms.